The third kappa shape index (κ3) is 5.49. The number of rotatable bonds is 9. The Balaban J connectivity index is 1.42. The number of carbonyl (C=O) groups is 2. The van der Waals surface area contributed by atoms with Crippen LogP contribution in [0.3, 0.4) is 0 Å². The highest BCUT2D eigenvalue weighted by molar-refractivity contribution is 7.13. The smallest absolute Gasteiger partial charge is 0.229 e. The normalized spacial score (nSPS) is 10.6. The molecule has 34 heavy (non-hydrogen) atoms. The molecule has 0 radical (unpaired) electrons. The molecule has 0 unspecified atom stereocenters. The van der Waals surface area contributed by atoms with Crippen molar-refractivity contribution in [1.29, 1.82) is 0 Å². The first-order valence-electron chi connectivity index (χ1n) is 10.6. The van der Waals surface area contributed by atoms with Gasteiger partial charge in [-0.05, 0) is 42.0 Å². The first-order chi connectivity index (χ1) is 16.6. The lowest BCUT2D eigenvalue weighted by Crippen LogP contribution is -2.31. The fourth-order valence-corrected chi connectivity index (χ4v) is 4.16. The maximum Gasteiger partial charge on any atom is 0.229 e. The number of ether oxygens (including phenoxy) is 2. The lowest BCUT2D eigenvalue weighted by Gasteiger charge is -2.21. The van der Waals surface area contributed by atoms with Gasteiger partial charge in [0.05, 0.1) is 26.3 Å². The number of anilines is 2. The number of hydrogen-bond donors (Lipinski definition) is 1. The molecule has 0 saturated heterocycles. The number of nitrogens with one attached hydrogen (secondary N) is 1. The number of methoxy groups -OCH3 is 2. The van der Waals surface area contributed by atoms with Crippen LogP contribution in [0.25, 0.3) is 10.9 Å². The zero-order chi connectivity index (χ0) is 23.9. The van der Waals surface area contributed by atoms with Crippen LogP contribution >= 0.6 is 11.3 Å². The number of nitrogens with zero attached hydrogens (tertiary/aromatic N) is 3. The van der Waals surface area contributed by atoms with E-state index in [0.717, 1.165) is 16.5 Å². The molecule has 9 heteroatoms. The van der Waals surface area contributed by atoms with Crippen LogP contribution in [-0.4, -0.2) is 36.0 Å². The highest BCUT2D eigenvalue weighted by Gasteiger charge is 2.20. The molecular formula is C25H24N4O4S. The molecule has 2 amide bonds. The van der Waals surface area contributed by atoms with Crippen molar-refractivity contribution in [1.82, 2.24) is 9.97 Å². The van der Waals surface area contributed by atoms with Crippen LogP contribution in [0.5, 0.6) is 11.5 Å². The molecule has 0 aliphatic heterocycles. The number of fused-ring (bicyclic) bond motifs is 1. The van der Waals surface area contributed by atoms with Crippen molar-refractivity contribution in [2.75, 3.05) is 24.4 Å². The molecule has 0 spiro atoms. The Morgan fingerprint density at radius 1 is 0.971 bits per heavy atom. The molecule has 0 fully saturated rings. The highest BCUT2D eigenvalue weighted by Crippen LogP contribution is 2.29. The van der Waals surface area contributed by atoms with Crippen LogP contribution < -0.4 is 19.7 Å². The average molecular weight is 477 g/mol. The SMILES string of the molecule is COc1ccc(CN(C(=O)CCC(=O)Nc2ccc3ncccc3c2)c2nccs2)cc1OC. The van der Waals surface area contributed by atoms with Crippen molar-refractivity contribution in [3.8, 4) is 11.5 Å². The molecule has 2 heterocycles. The van der Waals surface area contributed by atoms with E-state index in [4.69, 9.17) is 9.47 Å². The van der Waals surface area contributed by atoms with Gasteiger partial charge in [-0.1, -0.05) is 12.1 Å². The first kappa shape index (κ1) is 23.2. The molecule has 4 rings (SSSR count). The van der Waals surface area contributed by atoms with E-state index in [0.29, 0.717) is 28.9 Å². The number of hydrogen-bond acceptors (Lipinski definition) is 7. The topological polar surface area (TPSA) is 93.7 Å². The summed E-state index contributed by atoms with van der Waals surface area (Å²) in [5, 5.41) is 6.17. The third-order valence-electron chi connectivity index (χ3n) is 5.19. The Morgan fingerprint density at radius 2 is 1.82 bits per heavy atom. The number of amides is 2. The Bertz CT molecular complexity index is 1290. The average Bonchev–Trinajstić information content (AvgIpc) is 3.40. The van der Waals surface area contributed by atoms with Gasteiger partial charge < -0.3 is 14.8 Å². The van der Waals surface area contributed by atoms with Crippen molar-refractivity contribution in [3.63, 3.8) is 0 Å². The van der Waals surface area contributed by atoms with Gasteiger partial charge in [0, 0.05) is 41.7 Å². The summed E-state index contributed by atoms with van der Waals surface area (Å²) >= 11 is 1.37. The zero-order valence-corrected chi connectivity index (χ0v) is 19.7. The van der Waals surface area contributed by atoms with Crippen LogP contribution in [0, 0.1) is 0 Å². The summed E-state index contributed by atoms with van der Waals surface area (Å²) in [6.45, 7) is 0.298. The van der Waals surface area contributed by atoms with E-state index in [-0.39, 0.29) is 24.7 Å². The van der Waals surface area contributed by atoms with Crippen molar-refractivity contribution in [3.05, 3.63) is 71.9 Å². The number of pyridine rings is 1. The molecule has 2 aromatic heterocycles. The molecule has 8 nitrogen and oxygen atoms in total. The second kappa shape index (κ2) is 10.8. The molecule has 174 valence electrons. The van der Waals surface area contributed by atoms with E-state index in [1.165, 1.54) is 11.3 Å². The van der Waals surface area contributed by atoms with Crippen LogP contribution in [0.2, 0.25) is 0 Å². The Labute approximate surface area is 201 Å². The Hall–Kier alpha value is -3.98. The van der Waals surface area contributed by atoms with E-state index in [2.05, 4.69) is 15.3 Å². The van der Waals surface area contributed by atoms with Gasteiger partial charge >= 0.3 is 0 Å². The van der Waals surface area contributed by atoms with Crippen LogP contribution in [0.15, 0.2) is 66.3 Å². The van der Waals surface area contributed by atoms with Gasteiger partial charge in [-0.2, -0.15) is 0 Å². The van der Waals surface area contributed by atoms with Crippen LogP contribution in [-0.2, 0) is 16.1 Å². The standard InChI is InChI=1S/C25H24N4O4S/c1-32-21-8-5-17(14-22(21)33-2)16-29(25-27-12-13-34-25)24(31)10-9-23(30)28-19-6-7-20-18(15-19)4-3-11-26-20/h3-8,11-15H,9-10,16H2,1-2H3,(H,28,30). The summed E-state index contributed by atoms with van der Waals surface area (Å²) in [4.78, 5) is 35.8. The van der Waals surface area contributed by atoms with E-state index in [1.54, 1.807) is 43.6 Å². The molecule has 4 aromatic rings. The summed E-state index contributed by atoms with van der Waals surface area (Å²) in [5.74, 6) is 0.764. The zero-order valence-electron chi connectivity index (χ0n) is 18.9. The largest absolute Gasteiger partial charge is 0.493 e. The highest BCUT2D eigenvalue weighted by atomic mass is 32.1. The number of benzene rings is 2. The van der Waals surface area contributed by atoms with Crippen LogP contribution in [0.1, 0.15) is 18.4 Å². The summed E-state index contributed by atoms with van der Waals surface area (Å²) in [7, 11) is 3.14. The Kier molecular flexibility index (Phi) is 7.34. The van der Waals surface area contributed by atoms with Crippen molar-refractivity contribution in [2.24, 2.45) is 0 Å². The van der Waals surface area contributed by atoms with E-state index in [9.17, 15) is 9.59 Å². The van der Waals surface area contributed by atoms with Gasteiger partial charge in [-0.25, -0.2) is 4.98 Å². The molecule has 0 saturated carbocycles. The molecule has 2 aromatic carbocycles. The lowest BCUT2D eigenvalue weighted by atomic mass is 10.1. The molecule has 0 bridgehead atoms. The molecule has 0 atom stereocenters. The summed E-state index contributed by atoms with van der Waals surface area (Å²) < 4.78 is 10.7. The van der Waals surface area contributed by atoms with Gasteiger partial charge in [0.25, 0.3) is 0 Å². The fraction of sp³-hybridized carbons (Fsp3) is 0.200. The second-order valence-corrected chi connectivity index (χ2v) is 8.32. The van der Waals surface area contributed by atoms with E-state index < -0.39 is 0 Å². The summed E-state index contributed by atoms with van der Waals surface area (Å²) in [5.41, 5.74) is 2.38. The van der Waals surface area contributed by atoms with Gasteiger partial charge in [-0.3, -0.25) is 19.5 Å². The molecular weight excluding hydrogens is 452 g/mol. The Morgan fingerprint density at radius 3 is 2.59 bits per heavy atom. The van der Waals surface area contributed by atoms with Crippen molar-refractivity contribution in [2.45, 2.75) is 19.4 Å². The minimum absolute atomic E-state index is 0.0494. The van der Waals surface area contributed by atoms with Gasteiger partial charge in [-0.15, -0.1) is 11.3 Å². The lowest BCUT2D eigenvalue weighted by molar-refractivity contribution is -0.122. The number of carbonyl (C=O) groups excluding carboxylic acids is 2. The second-order valence-electron chi connectivity index (χ2n) is 7.44. The van der Waals surface area contributed by atoms with Gasteiger partial charge in [0.1, 0.15) is 0 Å². The predicted molar refractivity (Wildman–Crippen MR) is 132 cm³/mol. The number of aromatic nitrogens is 2. The van der Waals surface area contributed by atoms with Crippen LogP contribution in [0.4, 0.5) is 10.8 Å². The number of thiazole rings is 1. The maximum absolute atomic E-state index is 13.1. The first-order valence-corrected chi connectivity index (χ1v) is 11.5. The van der Waals surface area contributed by atoms with Crippen molar-refractivity contribution >= 4 is 44.9 Å². The van der Waals surface area contributed by atoms with Crippen molar-refractivity contribution < 1.29 is 19.1 Å². The van der Waals surface area contributed by atoms with E-state index >= 15 is 0 Å². The minimum Gasteiger partial charge on any atom is -0.493 e. The quantitative estimate of drug-likeness (QED) is 0.378. The summed E-state index contributed by atoms with van der Waals surface area (Å²) in [6.07, 6.45) is 3.48. The molecule has 1 N–H and O–H groups in total. The third-order valence-corrected chi connectivity index (χ3v) is 5.99. The maximum atomic E-state index is 13.1. The van der Waals surface area contributed by atoms with Gasteiger partial charge in [0.15, 0.2) is 16.6 Å². The monoisotopic (exact) mass is 476 g/mol. The summed E-state index contributed by atoms with van der Waals surface area (Å²) in [6, 6.07) is 14.8. The minimum atomic E-state index is -0.234. The fourth-order valence-electron chi connectivity index (χ4n) is 3.51. The van der Waals surface area contributed by atoms with E-state index in [1.807, 2.05) is 41.8 Å². The molecule has 0 aliphatic rings. The molecule has 0 aliphatic carbocycles. The predicted octanol–water partition coefficient (Wildman–Crippen LogP) is 4.66. The van der Waals surface area contributed by atoms with Gasteiger partial charge in [0.2, 0.25) is 11.8 Å².